The average molecular weight is 478 g/mol. The number of halogens is 2. The van der Waals surface area contributed by atoms with Crippen LogP contribution < -0.4 is 5.56 Å². The second-order valence-electron chi connectivity index (χ2n) is 9.51. The lowest BCUT2D eigenvalue weighted by atomic mass is 9.85. The smallest absolute Gasteiger partial charge is 0.263 e. The maximum atomic E-state index is 14.7. The van der Waals surface area contributed by atoms with Gasteiger partial charge in [0.05, 0.1) is 29.4 Å². The fraction of sp³-hybridized carbons (Fsp3) is 0.385. The van der Waals surface area contributed by atoms with Gasteiger partial charge in [0.2, 0.25) is 0 Å². The van der Waals surface area contributed by atoms with E-state index in [1.807, 2.05) is 10.9 Å². The van der Waals surface area contributed by atoms with Crippen molar-refractivity contribution in [3.8, 4) is 11.3 Å². The molecule has 4 aromatic rings. The Bertz CT molecular complexity index is 1510. The summed E-state index contributed by atoms with van der Waals surface area (Å²) in [6, 6.07) is 5.66. The van der Waals surface area contributed by atoms with Crippen LogP contribution in [0.5, 0.6) is 0 Å². The summed E-state index contributed by atoms with van der Waals surface area (Å²) in [4.78, 5) is 22.4. The van der Waals surface area contributed by atoms with E-state index in [0.29, 0.717) is 42.4 Å². The van der Waals surface area contributed by atoms with E-state index >= 15 is 0 Å². The number of fused-ring (bicyclic) bond motifs is 1. The molecule has 7 nitrogen and oxygen atoms in total. The maximum absolute atomic E-state index is 14.7. The molecule has 2 aliphatic rings. The van der Waals surface area contributed by atoms with E-state index in [1.54, 1.807) is 20.0 Å². The number of aryl methyl sites for hydroxylation is 1. The Labute approximate surface area is 200 Å². The van der Waals surface area contributed by atoms with Gasteiger partial charge in [-0.1, -0.05) is 0 Å². The van der Waals surface area contributed by atoms with Gasteiger partial charge in [-0.15, -0.1) is 0 Å². The van der Waals surface area contributed by atoms with E-state index in [-0.39, 0.29) is 28.8 Å². The van der Waals surface area contributed by atoms with Gasteiger partial charge < -0.3 is 4.74 Å². The number of pyridine rings is 1. The molecule has 0 amide bonds. The third kappa shape index (κ3) is 3.93. The van der Waals surface area contributed by atoms with Crippen molar-refractivity contribution in [2.45, 2.75) is 50.7 Å². The Morgan fingerprint density at radius 3 is 2.71 bits per heavy atom. The summed E-state index contributed by atoms with van der Waals surface area (Å²) >= 11 is 0. The second kappa shape index (κ2) is 8.34. The Kier molecular flexibility index (Phi) is 5.25. The summed E-state index contributed by atoms with van der Waals surface area (Å²) in [5, 5.41) is 4.93. The van der Waals surface area contributed by atoms with E-state index in [0.717, 1.165) is 30.0 Å². The third-order valence-corrected chi connectivity index (χ3v) is 7.15. The highest BCUT2D eigenvalue weighted by molar-refractivity contribution is 5.82. The van der Waals surface area contributed by atoms with E-state index in [1.165, 1.54) is 16.7 Å². The molecule has 1 unspecified atom stereocenters. The normalized spacial score (nSPS) is 20.5. The Balaban J connectivity index is 1.47. The summed E-state index contributed by atoms with van der Waals surface area (Å²) in [5.74, 6) is -0.882. The molecular weight excluding hydrogens is 452 g/mol. The number of rotatable bonds is 4. The number of aromatic nitrogens is 5. The minimum atomic E-state index is -0.708. The molecule has 180 valence electrons. The van der Waals surface area contributed by atoms with Crippen LogP contribution in [0.2, 0.25) is 0 Å². The quantitative estimate of drug-likeness (QED) is 0.424. The lowest BCUT2D eigenvalue weighted by molar-refractivity contribution is 0.00541. The molecule has 1 saturated carbocycles. The van der Waals surface area contributed by atoms with Gasteiger partial charge in [0.15, 0.2) is 5.65 Å². The predicted octanol–water partition coefficient (Wildman–Crippen LogP) is 4.75. The fourth-order valence-corrected chi connectivity index (χ4v) is 4.92. The van der Waals surface area contributed by atoms with Crippen molar-refractivity contribution in [1.29, 1.82) is 0 Å². The van der Waals surface area contributed by atoms with Crippen LogP contribution in [0.3, 0.4) is 0 Å². The largest absolute Gasteiger partial charge is 0.373 e. The lowest BCUT2D eigenvalue weighted by Gasteiger charge is -2.30. The lowest BCUT2D eigenvalue weighted by Crippen LogP contribution is -2.25. The van der Waals surface area contributed by atoms with Crippen LogP contribution in [0.1, 0.15) is 60.7 Å². The van der Waals surface area contributed by atoms with Crippen LogP contribution in [0.15, 0.2) is 41.5 Å². The zero-order valence-electron chi connectivity index (χ0n) is 19.5. The van der Waals surface area contributed by atoms with Gasteiger partial charge in [-0.05, 0) is 62.3 Å². The first-order valence-electron chi connectivity index (χ1n) is 11.9. The van der Waals surface area contributed by atoms with Gasteiger partial charge in [0, 0.05) is 37.0 Å². The molecule has 0 spiro atoms. The Morgan fingerprint density at radius 2 is 1.94 bits per heavy atom. The summed E-state index contributed by atoms with van der Waals surface area (Å²) < 4.78 is 37.8. The second-order valence-corrected chi connectivity index (χ2v) is 9.51. The molecule has 35 heavy (non-hydrogen) atoms. The van der Waals surface area contributed by atoms with E-state index in [4.69, 9.17) is 4.74 Å². The first kappa shape index (κ1) is 22.0. The Hall–Kier alpha value is -3.46. The van der Waals surface area contributed by atoms with Crippen molar-refractivity contribution in [2.24, 2.45) is 7.05 Å². The molecule has 2 atom stereocenters. The number of ether oxygens (including phenoxy) is 1. The van der Waals surface area contributed by atoms with E-state index < -0.39 is 11.6 Å². The van der Waals surface area contributed by atoms with Crippen LogP contribution in [-0.4, -0.2) is 30.9 Å². The van der Waals surface area contributed by atoms with Crippen molar-refractivity contribution in [1.82, 2.24) is 24.3 Å². The SMILES string of the molecule is Cc1nc2nc(-c3ccc(F)cc3F)cc([C@H]3CCOC(c4cnn(C5CC5)c4)C3)c2c(=O)n1C. The third-order valence-electron chi connectivity index (χ3n) is 7.15. The van der Waals surface area contributed by atoms with Crippen LogP contribution in [0.25, 0.3) is 22.3 Å². The molecule has 1 aliphatic carbocycles. The van der Waals surface area contributed by atoms with Gasteiger partial charge in [0.1, 0.15) is 17.5 Å². The fourth-order valence-electron chi connectivity index (χ4n) is 4.92. The monoisotopic (exact) mass is 477 g/mol. The van der Waals surface area contributed by atoms with E-state index in [9.17, 15) is 13.6 Å². The summed E-state index contributed by atoms with van der Waals surface area (Å²) in [6.45, 7) is 2.25. The van der Waals surface area contributed by atoms with Crippen LogP contribution in [0, 0.1) is 18.6 Å². The standard InChI is InChI=1S/C26H25F2N5O2/c1-14-30-25-24(26(34)32(14)2)20(11-22(31-25)19-6-3-17(27)10-21(19)28)15-7-8-35-23(9-15)16-12-29-33(13-16)18-4-5-18/h3,6,10-13,15,18,23H,4-5,7-9H2,1-2H3/t15-,23?/m0/s1. The molecule has 0 N–H and O–H groups in total. The van der Waals surface area contributed by atoms with Gasteiger partial charge in [-0.3, -0.25) is 14.0 Å². The van der Waals surface area contributed by atoms with Crippen LogP contribution >= 0.6 is 0 Å². The first-order chi connectivity index (χ1) is 16.9. The minimum absolute atomic E-state index is 0.0250. The predicted molar refractivity (Wildman–Crippen MR) is 126 cm³/mol. The number of hydrogen-bond donors (Lipinski definition) is 0. The average Bonchev–Trinajstić information content (AvgIpc) is 3.58. The molecule has 0 radical (unpaired) electrons. The molecule has 9 heteroatoms. The molecule has 2 fully saturated rings. The van der Waals surface area contributed by atoms with Crippen molar-refractivity contribution in [3.05, 3.63) is 75.6 Å². The van der Waals surface area contributed by atoms with Gasteiger partial charge in [-0.2, -0.15) is 5.10 Å². The molecule has 1 aliphatic heterocycles. The van der Waals surface area contributed by atoms with Crippen molar-refractivity contribution in [2.75, 3.05) is 6.61 Å². The van der Waals surface area contributed by atoms with Gasteiger partial charge in [-0.25, -0.2) is 18.7 Å². The highest BCUT2D eigenvalue weighted by atomic mass is 19.1. The summed E-state index contributed by atoms with van der Waals surface area (Å²) in [7, 11) is 1.68. The van der Waals surface area contributed by atoms with Crippen LogP contribution in [-0.2, 0) is 11.8 Å². The molecule has 4 heterocycles. The van der Waals surface area contributed by atoms with Crippen molar-refractivity contribution in [3.63, 3.8) is 0 Å². The van der Waals surface area contributed by atoms with Crippen molar-refractivity contribution >= 4 is 11.0 Å². The molecule has 3 aromatic heterocycles. The molecule has 1 saturated heterocycles. The van der Waals surface area contributed by atoms with Gasteiger partial charge in [0.25, 0.3) is 5.56 Å². The van der Waals surface area contributed by atoms with E-state index in [2.05, 4.69) is 21.3 Å². The Morgan fingerprint density at radius 1 is 1.11 bits per heavy atom. The maximum Gasteiger partial charge on any atom is 0.263 e. The summed E-state index contributed by atoms with van der Waals surface area (Å²) in [6.07, 6.45) is 7.41. The van der Waals surface area contributed by atoms with Crippen LogP contribution in [0.4, 0.5) is 8.78 Å². The number of benzene rings is 1. The van der Waals surface area contributed by atoms with Crippen molar-refractivity contribution < 1.29 is 13.5 Å². The first-order valence-corrected chi connectivity index (χ1v) is 11.9. The van der Waals surface area contributed by atoms with Gasteiger partial charge >= 0.3 is 0 Å². The molecule has 6 rings (SSSR count). The highest BCUT2D eigenvalue weighted by Gasteiger charge is 2.31. The number of hydrogen-bond acceptors (Lipinski definition) is 5. The zero-order valence-corrected chi connectivity index (χ0v) is 19.5. The molecule has 0 bridgehead atoms. The minimum Gasteiger partial charge on any atom is -0.373 e. The highest BCUT2D eigenvalue weighted by Crippen LogP contribution is 2.41. The molecule has 1 aromatic carbocycles. The zero-order chi connectivity index (χ0) is 24.3. The number of nitrogens with zero attached hydrogens (tertiary/aromatic N) is 5. The summed E-state index contributed by atoms with van der Waals surface area (Å²) in [5.41, 5.74) is 2.37. The topological polar surface area (TPSA) is 74.8 Å². The molecular formula is C26H25F2N5O2.